The van der Waals surface area contributed by atoms with Gasteiger partial charge in [-0.15, -0.1) is 0 Å². The van der Waals surface area contributed by atoms with Gasteiger partial charge in [0, 0.05) is 18.4 Å². The monoisotopic (exact) mass is 474 g/mol. The molecule has 5 nitrogen and oxygen atoms in total. The van der Waals surface area contributed by atoms with Gasteiger partial charge in [0.15, 0.2) is 0 Å². The quantitative estimate of drug-likeness (QED) is 0.439. The molecule has 2 atom stereocenters. The molecule has 0 radical (unpaired) electrons. The molecule has 2 N–H and O–H groups in total. The molecule has 1 fully saturated rings. The zero-order chi connectivity index (χ0) is 24.7. The second-order valence-corrected chi connectivity index (χ2v) is 9.18. The summed E-state index contributed by atoms with van der Waals surface area (Å²) in [7, 11) is 1.53. The van der Waals surface area contributed by atoms with E-state index in [-0.39, 0.29) is 30.1 Å². The third kappa shape index (κ3) is 6.47. The van der Waals surface area contributed by atoms with E-state index >= 15 is 0 Å². The molecular formula is C29H31FN2O3. The largest absolute Gasteiger partial charge is 0.497 e. The van der Waals surface area contributed by atoms with Gasteiger partial charge in [-0.2, -0.15) is 0 Å². The third-order valence-electron chi connectivity index (χ3n) is 6.67. The number of nitrogens with one attached hydrogen (secondary N) is 2. The Morgan fingerprint density at radius 1 is 1.09 bits per heavy atom. The van der Waals surface area contributed by atoms with Crippen LogP contribution >= 0.6 is 0 Å². The summed E-state index contributed by atoms with van der Waals surface area (Å²) in [6.45, 7) is 0. The van der Waals surface area contributed by atoms with Gasteiger partial charge in [-0.1, -0.05) is 60.7 Å². The fourth-order valence-corrected chi connectivity index (χ4v) is 4.77. The third-order valence-corrected chi connectivity index (χ3v) is 6.67. The first-order valence-corrected chi connectivity index (χ1v) is 12.0. The van der Waals surface area contributed by atoms with Crippen molar-refractivity contribution >= 4 is 11.8 Å². The van der Waals surface area contributed by atoms with E-state index in [4.69, 9.17) is 4.74 Å². The van der Waals surface area contributed by atoms with E-state index < -0.39 is 5.54 Å². The number of carbonyl (C=O) groups excluding carboxylic acids is 2. The second-order valence-electron chi connectivity index (χ2n) is 9.18. The normalized spacial score (nSPS) is 18.1. The Balaban J connectivity index is 1.46. The average molecular weight is 475 g/mol. The minimum atomic E-state index is -0.663. The summed E-state index contributed by atoms with van der Waals surface area (Å²) in [4.78, 5) is 25.2. The molecule has 0 bridgehead atoms. The summed E-state index contributed by atoms with van der Waals surface area (Å²) in [5, 5.41) is 6.22. The van der Waals surface area contributed by atoms with Crippen molar-refractivity contribution in [2.24, 2.45) is 0 Å². The zero-order valence-electron chi connectivity index (χ0n) is 19.9. The molecule has 4 rings (SSSR count). The first kappa shape index (κ1) is 24.5. The molecule has 3 aromatic carbocycles. The van der Waals surface area contributed by atoms with Crippen LogP contribution in [0.5, 0.6) is 5.75 Å². The van der Waals surface area contributed by atoms with E-state index in [0.717, 1.165) is 11.1 Å². The van der Waals surface area contributed by atoms with Crippen LogP contribution < -0.4 is 15.4 Å². The Morgan fingerprint density at radius 2 is 1.80 bits per heavy atom. The summed E-state index contributed by atoms with van der Waals surface area (Å²) in [6.07, 6.45) is 2.56. The fraction of sp³-hybridized carbons (Fsp3) is 0.310. The van der Waals surface area contributed by atoms with Crippen molar-refractivity contribution in [3.63, 3.8) is 0 Å². The van der Waals surface area contributed by atoms with Crippen molar-refractivity contribution in [3.05, 3.63) is 101 Å². The van der Waals surface area contributed by atoms with E-state index in [1.165, 1.54) is 13.2 Å². The van der Waals surface area contributed by atoms with E-state index in [2.05, 4.69) is 10.6 Å². The molecule has 0 aliphatic carbocycles. The van der Waals surface area contributed by atoms with Gasteiger partial charge in [-0.05, 0) is 60.6 Å². The molecule has 1 heterocycles. The minimum absolute atomic E-state index is 0.0695. The highest BCUT2D eigenvalue weighted by molar-refractivity contribution is 5.80. The molecule has 2 amide bonds. The van der Waals surface area contributed by atoms with E-state index in [9.17, 15) is 14.0 Å². The van der Waals surface area contributed by atoms with Gasteiger partial charge in [0.1, 0.15) is 11.6 Å². The molecule has 0 saturated carbocycles. The van der Waals surface area contributed by atoms with Gasteiger partial charge in [0.25, 0.3) is 0 Å². The lowest BCUT2D eigenvalue weighted by Gasteiger charge is -2.30. The van der Waals surface area contributed by atoms with Crippen LogP contribution in [0.25, 0.3) is 0 Å². The van der Waals surface area contributed by atoms with Crippen LogP contribution in [0.4, 0.5) is 4.39 Å². The number of carbonyl (C=O) groups is 2. The maximum atomic E-state index is 14.5. The summed E-state index contributed by atoms with van der Waals surface area (Å²) in [6, 6.07) is 24.4. The maximum absolute atomic E-state index is 14.5. The molecular weight excluding hydrogens is 443 g/mol. The van der Waals surface area contributed by atoms with Crippen LogP contribution in [0.2, 0.25) is 0 Å². The molecule has 1 aliphatic rings. The van der Waals surface area contributed by atoms with Gasteiger partial charge >= 0.3 is 0 Å². The van der Waals surface area contributed by atoms with Crippen LogP contribution in [0.1, 0.15) is 48.4 Å². The maximum Gasteiger partial charge on any atom is 0.220 e. The number of amides is 2. The number of hydrogen-bond acceptors (Lipinski definition) is 3. The van der Waals surface area contributed by atoms with Gasteiger partial charge in [-0.25, -0.2) is 4.39 Å². The SMILES string of the molecule is COc1ccc(F)c(C[C@]2(CCC(=O)N[C@H](Cc3ccccc3)c3ccccc3)CCC(=O)N2)c1. The lowest BCUT2D eigenvalue weighted by Crippen LogP contribution is -2.45. The molecule has 1 saturated heterocycles. The van der Waals surface area contributed by atoms with E-state index in [1.54, 1.807) is 12.1 Å². The topological polar surface area (TPSA) is 67.4 Å². The smallest absolute Gasteiger partial charge is 0.220 e. The molecule has 0 aromatic heterocycles. The van der Waals surface area contributed by atoms with Crippen LogP contribution in [-0.2, 0) is 22.4 Å². The van der Waals surface area contributed by atoms with Gasteiger partial charge < -0.3 is 15.4 Å². The average Bonchev–Trinajstić information content (AvgIpc) is 3.25. The van der Waals surface area contributed by atoms with Gasteiger partial charge in [0.05, 0.1) is 13.2 Å². The zero-order valence-corrected chi connectivity index (χ0v) is 19.9. The van der Waals surface area contributed by atoms with E-state index in [0.29, 0.717) is 43.4 Å². The second kappa shape index (κ2) is 11.2. The van der Waals surface area contributed by atoms with Crippen LogP contribution in [0, 0.1) is 5.82 Å². The lowest BCUT2D eigenvalue weighted by molar-refractivity contribution is -0.123. The number of ether oxygens (including phenoxy) is 1. The number of methoxy groups -OCH3 is 1. The minimum Gasteiger partial charge on any atom is -0.497 e. The summed E-state index contributed by atoms with van der Waals surface area (Å²) in [5.74, 6) is 0.0504. The van der Waals surface area contributed by atoms with Crippen molar-refractivity contribution in [2.75, 3.05) is 7.11 Å². The van der Waals surface area contributed by atoms with Crippen LogP contribution in [0.15, 0.2) is 78.9 Å². The standard InChI is InChI=1S/C29H31FN2O3/c1-35-24-12-13-25(30)23(19-24)20-29(17-15-28(34)32-29)16-14-27(33)31-26(22-10-6-3-7-11-22)18-21-8-4-2-5-9-21/h2-13,19,26H,14-18,20H2,1H3,(H,31,33)(H,32,34)/t26-,29+/m1/s1. The summed E-state index contributed by atoms with van der Waals surface area (Å²) in [5.41, 5.74) is 1.98. The van der Waals surface area contributed by atoms with Crippen molar-refractivity contribution in [2.45, 2.75) is 50.1 Å². The lowest BCUT2D eigenvalue weighted by atomic mass is 9.84. The highest BCUT2D eigenvalue weighted by Gasteiger charge is 2.38. The van der Waals surface area contributed by atoms with Crippen molar-refractivity contribution in [1.82, 2.24) is 10.6 Å². The molecule has 0 spiro atoms. The predicted molar refractivity (Wildman–Crippen MR) is 133 cm³/mol. The van der Waals surface area contributed by atoms with E-state index in [1.807, 2.05) is 60.7 Å². The molecule has 182 valence electrons. The Hall–Kier alpha value is -3.67. The number of benzene rings is 3. The van der Waals surface area contributed by atoms with Crippen molar-refractivity contribution in [3.8, 4) is 5.75 Å². The Morgan fingerprint density at radius 3 is 2.46 bits per heavy atom. The fourth-order valence-electron chi connectivity index (χ4n) is 4.77. The Kier molecular flexibility index (Phi) is 7.80. The Bertz CT molecular complexity index is 1150. The molecule has 6 heteroatoms. The highest BCUT2D eigenvalue weighted by Crippen LogP contribution is 2.32. The first-order chi connectivity index (χ1) is 17.0. The van der Waals surface area contributed by atoms with Crippen LogP contribution in [0.3, 0.4) is 0 Å². The van der Waals surface area contributed by atoms with Gasteiger partial charge in [0.2, 0.25) is 11.8 Å². The highest BCUT2D eigenvalue weighted by atomic mass is 19.1. The molecule has 1 aliphatic heterocycles. The molecule has 0 unspecified atom stereocenters. The van der Waals surface area contributed by atoms with Crippen molar-refractivity contribution < 1.29 is 18.7 Å². The van der Waals surface area contributed by atoms with Gasteiger partial charge in [-0.3, -0.25) is 9.59 Å². The Labute approximate surface area is 205 Å². The summed E-state index contributed by atoms with van der Waals surface area (Å²) >= 11 is 0. The molecule has 3 aromatic rings. The first-order valence-electron chi connectivity index (χ1n) is 12.0. The van der Waals surface area contributed by atoms with Crippen LogP contribution in [-0.4, -0.2) is 24.5 Å². The summed E-state index contributed by atoms with van der Waals surface area (Å²) < 4.78 is 19.8. The number of halogens is 1. The van der Waals surface area contributed by atoms with Crippen molar-refractivity contribution in [1.29, 1.82) is 0 Å². The number of hydrogen-bond donors (Lipinski definition) is 2. The predicted octanol–water partition coefficient (Wildman–Crippen LogP) is 4.91. The molecule has 35 heavy (non-hydrogen) atoms. The number of rotatable bonds is 10.